The zero-order valence-electron chi connectivity index (χ0n) is 39.4. The van der Waals surface area contributed by atoms with Gasteiger partial charge in [-0.2, -0.15) is 4.57 Å². The normalized spacial score (nSPS) is 15.9. The molecule has 2 saturated heterocycles. The summed E-state index contributed by atoms with van der Waals surface area (Å²) in [6.07, 6.45) is 1.31. The number of carboxylic acids is 2. The largest absolute Gasteiger partial charge is 0.508 e. The highest BCUT2D eigenvalue weighted by atomic mass is 32.2. The average molecular weight is 988 g/mol. The maximum absolute atomic E-state index is 14.8. The van der Waals surface area contributed by atoms with E-state index in [2.05, 4.69) is 9.47 Å². The van der Waals surface area contributed by atoms with E-state index in [1.54, 1.807) is 36.4 Å². The number of likely N-dealkylation sites (tertiary alicyclic amines) is 2. The van der Waals surface area contributed by atoms with E-state index in [-0.39, 0.29) is 81.2 Å². The summed E-state index contributed by atoms with van der Waals surface area (Å²) in [6.45, 7) is 5.71. The molecule has 2 atom stereocenters. The fraction of sp³-hybridized carbons (Fsp3) is 0.250. The number of hydrogen-bond acceptors (Lipinski definition) is 10. The molecule has 10 rings (SSSR count). The van der Waals surface area contributed by atoms with Crippen molar-refractivity contribution in [2.24, 2.45) is 11.8 Å². The van der Waals surface area contributed by atoms with Crippen LogP contribution in [0.3, 0.4) is 0 Å². The monoisotopic (exact) mass is 987 g/mol. The Morgan fingerprint density at radius 3 is 2.07 bits per heavy atom. The lowest BCUT2D eigenvalue weighted by atomic mass is 9.89. The number of aromatic carboxylic acids is 1. The number of para-hydroxylation sites is 2. The summed E-state index contributed by atoms with van der Waals surface area (Å²) in [6, 6.07) is 34.6. The minimum absolute atomic E-state index is 0.0548. The van der Waals surface area contributed by atoms with Gasteiger partial charge < -0.3 is 29.5 Å². The Morgan fingerprint density at radius 2 is 1.40 bits per heavy atom. The minimum atomic E-state index is -4.36. The molecule has 0 unspecified atom stereocenters. The highest BCUT2D eigenvalue weighted by Crippen LogP contribution is 2.43. The molecule has 3 N–H and O–H groups in total. The molecule has 72 heavy (non-hydrogen) atoms. The molecule has 2 fully saturated rings. The van der Waals surface area contributed by atoms with Crippen LogP contribution >= 0.6 is 0 Å². The second-order valence-corrected chi connectivity index (χ2v) is 20.7. The fourth-order valence-corrected chi connectivity index (χ4v) is 12.1. The molecular formula is C56H51N4O11S+. The molecule has 5 aromatic carbocycles. The first-order chi connectivity index (χ1) is 34.7. The van der Waals surface area contributed by atoms with Crippen LogP contribution in [0.2, 0.25) is 0 Å². The summed E-state index contributed by atoms with van der Waals surface area (Å²) in [4.78, 5) is 69.7. The molecule has 1 aromatic heterocycles. The van der Waals surface area contributed by atoms with Crippen molar-refractivity contribution < 1.29 is 51.9 Å². The van der Waals surface area contributed by atoms with Crippen molar-refractivity contribution >= 4 is 66.6 Å². The standard InChI is InChI=1S/C56H50N4O11S/c1-34-14-19-40(20-15-34)72(69,70)60(26-8-13-51(63)64)55(66)53-42-9-2-4-11-47(42)59(48-12-5-3-10-43(48)53)25-7-6-24-57-30-36-32-58(33-37(36)31-57)54(65)35-16-21-41(46(27-35)56(67)68)52-44-22-17-38(61)28-49(44)71-50-29-39(62)18-23-45(50)52/h2-5,9-12,14-23,27-29,36-37H,6-8,13,24-26,30-33H2,1H3,(H2-,61,62,63,64,67,68)/p+1/t36-,37+. The average Bonchev–Trinajstić information content (AvgIpc) is 3.94. The summed E-state index contributed by atoms with van der Waals surface area (Å²) in [7, 11) is -4.36. The van der Waals surface area contributed by atoms with Crippen molar-refractivity contribution in [2.45, 2.75) is 44.0 Å². The number of sulfonamides is 1. The van der Waals surface area contributed by atoms with E-state index in [1.165, 1.54) is 42.5 Å². The second-order valence-electron chi connectivity index (χ2n) is 18.8. The van der Waals surface area contributed by atoms with Crippen molar-refractivity contribution in [3.8, 4) is 28.2 Å². The first-order valence-corrected chi connectivity index (χ1v) is 25.4. The number of aromatic nitrogens is 1. The summed E-state index contributed by atoms with van der Waals surface area (Å²) in [5.41, 5.74) is 4.14. The van der Waals surface area contributed by atoms with Gasteiger partial charge in [-0.25, -0.2) is 17.5 Å². The maximum Gasteiger partial charge on any atom is 0.336 e. The van der Waals surface area contributed by atoms with Crippen LogP contribution in [0, 0.1) is 18.8 Å². The number of phenolic OH excluding ortho intramolecular Hbond substituents is 1. The zero-order chi connectivity index (χ0) is 50.4. The number of phenols is 1. The summed E-state index contributed by atoms with van der Waals surface area (Å²) < 4.78 is 37.3. The van der Waals surface area contributed by atoms with Gasteiger partial charge in [0.25, 0.3) is 21.8 Å². The number of rotatable bonds is 15. The van der Waals surface area contributed by atoms with Gasteiger partial charge >= 0.3 is 11.9 Å². The van der Waals surface area contributed by atoms with Crippen LogP contribution in [-0.2, 0) is 21.4 Å². The Bertz CT molecular complexity index is 3560. The number of fused-ring (bicyclic) bond motifs is 5. The van der Waals surface area contributed by atoms with Gasteiger partial charge in [0.15, 0.2) is 5.43 Å². The molecule has 0 bridgehead atoms. The molecule has 2 amide bonds. The van der Waals surface area contributed by atoms with Gasteiger partial charge in [-0.1, -0.05) is 48.0 Å². The number of aromatic hydroxyl groups is 1. The van der Waals surface area contributed by atoms with E-state index in [4.69, 9.17) is 4.42 Å². The van der Waals surface area contributed by atoms with Crippen LogP contribution in [0.5, 0.6) is 5.75 Å². The Hall–Kier alpha value is -7.95. The van der Waals surface area contributed by atoms with Crippen LogP contribution < -0.4 is 10.00 Å². The first kappa shape index (κ1) is 47.7. The highest BCUT2D eigenvalue weighted by Gasteiger charge is 2.42. The molecular weight excluding hydrogens is 937 g/mol. The van der Waals surface area contributed by atoms with Gasteiger partial charge in [-0.3, -0.25) is 19.2 Å². The van der Waals surface area contributed by atoms with Crippen LogP contribution in [0.4, 0.5) is 0 Å². The van der Waals surface area contributed by atoms with Gasteiger partial charge in [0.05, 0.1) is 26.8 Å². The molecule has 0 spiro atoms. The van der Waals surface area contributed by atoms with E-state index in [0.717, 1.165) is 53.4 Å². The van der Waals surface area contributed by atoms with E-state index < -0.39 is 27.9 Å². The number of nitrogens with zero attached hydrogens (tertiary/aromatic N) is 4. The number of aryl methyl sites for hydroxylation is 2. The Balaban J connectivity index is 0.823. The highest BCUT2D eigenvalue weighted by molar-refractivity contribution is 7.89. The van der Waals surface area contributed by atoms with Gasteiger partial charge in [0.2, 0.25) is 11.0 Å². The molecule has 15 nitrogen and oxygen atoms in total. The molecule has 16 heteroatoms. The summed E-state index contributed by atoms with van der Waals surface area (Å²) in [5, 5.41) is 31.8. The molecule has 0 radical (unpaired) electrons. The molecule has 366 valence electrons. The lowest BCUT2D eigenvalue weighted by Crippen LogP contribution is -2.40. The van der Waals surface area contributed by atoms with Gasteiger partial charge in [-0.05, 0) is 104 Å². The number of benzene rings is 6. The number of hydrogen-bond donors (Lipinski definition) is 3. The Labute approximate surface area is 414 Å². The number of unbranched alkanes of at least 4 members (excludes halogenated alkanes) is 1. The van der Waals surface area contributed by atoms with E-state index >= 15 is 0 Å². The molecule has 4 aliphatic rings. The number of carboxylic acid groups (broad SMARTS) is 2. The van der Waals surface area contributed by atoms with E-state index in [0.29, 0.717) is 52.5 Å². The number of amides is 2. The fourth-order valence-electron chi connectivity index (χ4n) is 10.7. The first-order valence-electron chi connectivity index (χ1n) is 23.9. The third-order valence-electron chi connectivity index (χ3n) is 14.1. The SMILES string of the molecule is Cc1ccc(S(=O)(=O)N(CCCC(=O)O)C(=O)c2c3ccccc3[n+](CCCCN3C[C@@H]4CN(C(=O)c5ccc(-c6c7ccc(=O)cc-7oc7cc(O)ccc67)c(C(=O)O)c5)C[C@@H]4C3)c3ccccc23)cc1. The number of pyridine rings is 1. The Kier molecular flexibility index (Phi) is 12.8. The van der Waals surface area contributed by atoms with Crippen molar-refractivity contribution in [2.75, 3.05) is 39.3 Å². The molecule has 4 heterocycles. The third-order valence-corrected chi connectivity index (χ3v) is 15.9. The molecule has 6 aromatic rings. The lowest BCUT2D eigenvalue weighted by Gasteiger charge is -2.24. The summed E-state index contributed by atoms with van der Waals surface area (Å²) in [5.74, 6) is -2.59. The number of carbonyl (C=O) groups excluding carboxylic acids is 2. The van der Waals surface area contributed by atoms with E-state index in [9.17, 15) is 47.7 Å². The number of carbonyl (C=O) groups is 4. The smallest absolute Gasteiger partial charge is 0.336 e. The van der Waals surface area contributed by atoms with Crippen LogP contribution in [0.25, 0.3) is 55.2 Å². The van der Waals surface area contributed by atoms with Gasteiger partial charge in [0.1, 0.15) is 23.6 Å². The van der Waals surface area contributed by atoms with Crippen LogP contribution in [0.15, 0.2) is 142 Å². The molecule has 0 saturated carbocycles. The zero-order valence-corrected chi connectivity index (χ0v) is 40.2. The topological polar surface area (TPSA) is 207 Å². The van der Waals surface area contributed by atoms with Crippen LogP contribution in [0.1, 0.15) is 62.3 Å². The second kappa shape index (κ2) is 19.3. The summed E-state index contributed by atoms with van der Waals surface area (Å²) >= 11 is 0. The molecule has 1 aliphatic carbocycles. The van der Waals surface area contributed by atoms with Crippen molar-refractivity contribution in [1.82, 2.24) is 14.1 Å². The van der Waals surface area contributed by atoms with Gasteiger partial charge in [0, 0.05) is 91.9 Å². The van der Waals surface area contributed by atoms with Crippen molar-refractivity contribution in [3.63, 3.8) is 0 Å². The predicted octanol–water partition coefficient (Wildman–Crippen LogP) is 8.05. The number of aliphatic carboxylic acids is 1. The molecule has 3 aliphatic heterocycles. The quantitative estimate of drug-likeness (QED) is 0.0507. The lowest BCUT2D eigenvalue weighted by molar-refractivity contribution is -0.645. The van der Waals surface area contributed by atoms with Crippen molar-refractivity contribution in [3.05, 3.63) is 160 Å². The third kappa shape index (κ3) is 9.03. The van der Waals surface area contributed by atoms with Crippen LogP contribution in [-0.4, -0.2) is 101 Å². The minimum Gasteiger partial charge on any atom is -0.508 e. The van der Waals surface area contributed by atoms with Crippen molar-refractivity contribution in [1.29, 1.82) is 0 Å². The maximum atomic E-state index is 14.8. The Morgan fingerprint density at radius 1 is 0.736 bits per heavy atom. The van der Waals surface area contributed by atoms with E-state index in [1.807, 2.05) is 60.4 Å². The van der Waals surface area contributed by atoms with Gasteiger partial charge in [-0.15, -0.1) is 0 Å². The predicted molar refractivity (Wildman–Crippen MR) is 270 cm³/mol.